The van der Waals surface area contributed by atoms with Crippen LogP contribution in [-0.4, -0.2) is 34.5 Å². The lowest BCUT2D eigenvalue weighted by molar-refractivity contribution is 0.242. The molecule has 2 rings (SSSR count). The van der Waals surface area contributed by atoms with Crippen molar-refractivity contribution < 1.29 is 0 Å². The van der Waals surface area contributed by atoms with Crippen molar-refractivity contribution in [3.05, 3.63) is 53.4 Å². The zero-order valence-electron chi connectivity index (χ0n) is 12.5. The molecule has 0 bridgehead atoms. The number of nitrogens with zero attached hydrogens (tertiary/aromatic N) is 3. The Morgan fingerprint density at radius 3 is 2.71 bits per heavy atom. The minimum absolute atomic E-state index is 0.411. The summed E-state index contributed by atoms with van der Waals surface area (Å²) in [5, 5.41) is 3.66. The third-order valence-corrected chi connectivity index (χ3v) is 3.68. The molecule has 0 aliphatic rings. The predicted molar refractivity (Wildman–Crippen MR) is 87.5 cm³/mol. The summed E-state index contributed by atoms with van der Waals surface area (Å²) >= 11 is 5.81. The molecule has 0 aliphatic heterocycles. The summed E-state index contributed by atoms with van der Waals surface area (Å²) in [4.78, 5) is 10.5. The van der Waals surface area contributed by atoms with Gasteiger partial charge in [-0.3, -0.25) is 9.88 Å². The quantitative estimate of drug-likeness (QED) is 0.850. The van der Waals surface area contributed by atoms with E-state index in [4.69, 9.17) is 11.6 Å². The molecule has 1 aromatic heterocycles. The van der Waals surface area contributed by atoms with Gasteiger partial charge < -0.3 is 5.32 Å². The fourth-order valence-electron chi connectivity index (χ4n) is 2.08. The van der Waals surface area contributed by atoms with Crippen molar-refractivity contribution >= 4 is 17.4 Å². The van der Waals surface area contributed by atoms with Gasteiger partial charge in [-0.25, -0.2) is 4.98 Å². The van der Waals surface area contributed by atoms with E-state index in [0.717, 1.165) is 25.3 Å². The Bertz CT molecular complexity index is 547. The second-order valence-corrected chi connectivity index (χ2v) is 5.58. The van der Waals surface area contributed by atoms with Crippen LogP contribution in [-0.2, 0) is 6.54 Å². The van der Waals surface area contributed by atoms with Crippen LogP contribution in [0, 0.1) is 0 Å². The highest BCUT2D eigenvalue weighted by Gasteiger charge is 2.09. The van der Waals surface area contributed by atoms with E-state index in [0.29, 0.717) is 11.2 Å². The molecule has 1 atom stereocenters. The number of nitrogens with one attached hydrogen (secondary N) is 1. The summed E-state index contributed by atoms with van der Waals surface area (Å²) in [5.74, 6) is 0.723. The van der Waals surface area contributed by atoms with Crippen LogP contribution in [0.1, 0.15) is 18.9 Å². The van der Waals surface area contributed by atoms with Crippen LogP contribution in [0.2, 0.25) is 5.15 Å². The molecule has 0 spiro atoms. The van der Waals surface area contributed by atoms with Crippen LogP contribution >= 0.6 is 11.6 Å². The molecule has 1 unspecified atom stereocenters. The van der Waals surface area contributed by atoms with Gasteiger partial charge in [-0.2, -0.15) is 0 Å². The van der Waals surface area contributed by atoms with Gasteiger partial charge in [0.2, 0.25) is 0 Å². The fourth-order valence-corrected chi connectivity index (χ4v) is 2.23. The average molecular weight is 305 g/mol. The Hall–Kier alpha value is -1.65. The van der Waals surface area contributed by atoms with Crippen LogP contribution in [0.4, 0.5) is 5.82 Å². The molecule has 1 aromatic carbocycles. The molecule has 112 valence electrons. The third kappa shape index (κ3) is 5.33. The average Bonchev–Trinajstić information content (AvgIpc) is 2.48. The molecule has 1 N–H and O–H groups in total. The summed E-state index contributed by atoms with van der Waals surface area (Å²) in [6, 6.07) is 11.0. The molecule has 1 heterocycles. The van der Waals surface area contributed by atoms with E-state index in [1.165, 1.54) is 11.8 Å². The van der Waals surface area contributed by atoms with Crippen LogP contribution in [0.5, 0.6) is 0 Å². The molecule has 0 radical (unpaired) electrons. The van der Waals surface area contributed by atoms with E-state index < -0.39 is 0 Å². The monoisotopic (exact) mass is 304 g/mol. The molecule has 0 fully saturated rings. The van der Waals surface area contributed by atoms with Gasteiger partial charge in [0.25, 0.3) is 0 Å². The van der Waals surface area contributed by atoms with E-state index in [1.807, 2.05) is 6.07 Å². The van der Waals surface area contributed by atoms with Gasteiger partial charge in [-0.05, 0) is 26.0 Å². The molecule has 4 nitrogen and oxygen atoms in total. The van der Waals surface area contributed by atoms with E-state index in [-0.39, 0.29) is 0 Å². The Labute approximate surface area is 131 Å². The van der Waals surface area contributed by atoms with E-state index in [9.17, 15) is 0 Å². The summed E-state index contributed by atoms with van der Waals surface area (Å²) < 4.78 is 0. The molecule has 0 amide bonds. The first kappa shape index (κ1) is 15.7. The lowest BCUT2D eigenvalue weighted by atomic mass is 10.1. The lowest BCUT2D eigenvalue weighted by Gasteiger charge is -2.25. The standard InChI is InChI=1S/C16H21ClN4/c1-13(21(2)12-14-6-4-3-5-7-14)8-9-19-16-11-18-10-15(17)20-16/h3-7,10-11,13H,8-9,12H2,1-2H3,(H,19,20). The van der Waals surface area contributed by atoms with Crippen molar-refractivity contribution in [1.82, 2.24) is 14.9 Å². The number of hydrogen-bond acceptors (Lipinski definition) is 4. The maximum Gasteiger partial charge on any atom is 0.149 e. The number of benzene rings is 1. The maximum atomic E-state index is 5.81. The number of rotatable bonds is 7. The predicted octanol–water partition coefficient (Wildman–Crippen LogP) is 3.45. The van der Waals surface area contributed by atoms with Crippen molar-refractivity contribution in [3.63, 3.8) is 0 Å². The minimum Gasteiger partial charge on any atom is -0.369 e. The second kappa shape index (κ2) is 7.96. The van der Waals surface area contributed by atoms with E-state index in [1.54, 1.807) is 6.20 Å². The van der Waals surface area contributed by atoms with Gasteiger partial charge in [0.1, 0.15) is 11.0 Å². The highest BCUT2D eigenvalue weighted by atomic mass is 35.5. The normalized spacial score (nSPS) is 12.4. The van der Waals surface area contributed by atoms with Crippen molar-refractivity contribution in [1.29, 1.82) is 0 Å². The molecular weight excluding hydrogens is 284 g/mol. The fraction of sp³-hybridized carbons (Fsp3) is 0.375. The highest BCUT2D eigenvalue weighted by Crippen LogP contribution is 2.10. The van der Waals surface area contributed by atoms with Crippen LogP contribution in [0.25, 0.3) is 0 Å². The Morgan fingerprint density at radius 2 is 2.00 bits per heavy atom. The van der Waals surface area contributed by atoms with Crippen LogP contribution < -0.4 is 5.32 Å². The molecule has 21 heavy (non-hydrogen) atoms. The smallest absolute Gasteiger partial charge is 0.149 e. The molecule has 2 aromatic rings. The Kier molecular flexibility index (Phi) is 5.96. The highest BCUT2D eigenvalue weighted by molar-refractivity contribution is 6.29. The first-order valence-corrected chi connectivity index (χ1v) is 7.48. The van der Waals surface area contributed by atoms with Gasteiger partial charge in [0.15, 0.2) is 0 Å². The van der Waals surface area contributed by atoms with Crippen molar-refractivity contribution in [2.45, 2.75) is 25.9 Å². The molecule has 0 aliphatic carbocycles. The summed E-state index contributed by atoms with van der Waals surface area (Å²) in [5.41, 5.74) is 1.33. The largest absolute Gasteiger partial charge is 0.369 e. The summed E-state index contributed by atoms with van der Waals surface area (Å²) in [7, 11) is 2.15. The van der Waals surface area contributed by atoms with Gasteiger partial charge >= 0.3 is 0 Å². The number of halogens is 1. The third-order valence-electron chi connectivity index (χ3n) is 3.50. The molecular formula is C16H21ClN4. The topological polar surface area (TPSA) is 41.1 Å². The van der Waals surface area contributed by atoms with Gasteiger partial charge in [-0.1, -0.05) is 41.9 Å². The summed E-state index contributed by atoms with van der Waals surface area (Å²) in [6.45, 7) is 4.03. The molecule has 0 saturated carbocycles. The van der Waals surface area contributed by atoms with Crippen molar-refractivity contribution in [2.24, 2.45) is 0 Å². The maximum absolute atomic E-state index is 5.81. The molecule has 0 saturated heterocycles. The van der Waals surface area contributed by atoms with E-state index >= 15 is 0 Å². The SMILES string of the molecule is CC(CCNc1cncc(Cl)n1)N(C)Cc1ccccc1. The van der Waals surface area contributed by atoms with Crippen molar-refractivity contribution in [3.8, 4) is 0 Å². The van der Waals surface area contributed by atoms with Gasteiger partial charge in [-0.15, -0.1) is 0 Å². The first-order valence-electron chi connectivity index (χ1n) is 7.10. The summed E-state index contributed by atoms with van der Waals surface area (Å²) in [6.07, 6.45) is 4.24. The van der Waals surface area contributed by atoms with Gasteiger partial charge in [0.05, 0.1) is 12.4 Å². The van der Waals surface area contributed by atoms with E-state index in [2.05, 4.69) is 58.4 Å². The molecule has 5 heteroatoms. The van der Waals surface area contributed by atoms with Gasteiger partial charge in [0, 0.05) is 19.1 Å². The Balaban J connectivity index is 1.75. The second-order valence-electron chi connectivity index (χ2n) is 5.19. The number of aromatic nitrogens is 2. The zero-order valence-corrected chi connectivity index (χ0v) is 13.2. The number of hydrogen-bond donors (Lipinski definition) is 1. The lowest BCUT2D eigenvalue weighted by Crippen LogP contribution is -2.30. The van der Waals surface area contributed by atoms with Crippen LogP contribution in [0.3, 0.4) is 0 Å². The van der Waals surface area contributed by atoms with Crippen molar-refractivity contribution in [2.75, 3.05) is 18.9 Å². The first-order chi connectivity index (χ1) is 10.1. The zero-order chi connectivity index (χ0) is 15.1. The van der Waals surface area contributed by atoms with Crippen LogP contribution in [0.15, 0.2) is 42.7 Å². The number of anilines is 1. The minimum atomic E-state index is 0.411. The Morgan fingerprint density at radius 1 is 1.24 bits per heavy atom.